The van der Waals surface area contributed by atoms with Gasteiger partial charge >= 0.3 is 5.97 Å². The number of hydrogen-bond donors (Lipinski definition) is 2. The molecule has 0 saturated carbocycles. The molecule has 2 N–H and O–H groups in total. The maximum atomic E-state index is 11.5. The van der Waals surface area contributed by atoms with E-state index in [2.05, 4.69) is 26.0 Å². The Hall–Kier alpha value is -1.63. The van der Waals surface area contributed by atoms with Gasteiger partial charge in [0.05, 0.1) is 0 Å². The van der Waals surface area contributed by atoms with Crippen molar-refractivity contribution in [2.24, 2.45) is 0 Å². The third-order valence-electron chi connectivity index (χ3n) is 1.70. The second-order valence-electron chi connectivity index (χ2n) is 2.58. The Labute approximate surface area is 85.3 Å². The first-order valence-corrected chi connectivity index (χ1v) is 4.39. The Morgan fingerprint density at radius 1 is 1.64 bits per heavy atom. The zero-order valence-electron chi connectivity index (χ0n) is 6.69. The molecule has 0 bridgehead atoms. The van der Waals surface area contributed by atoms with Crippen LogP contribution >= 0.6 is 15.9 Å². The maximum absolute atomic E-state index is 11.5. The van der Waals surface area contributed by atoms with Crippen LogP contribution in [0.4, 0.5) is 0 Å². The van der Waals surface area contributed by atoms with Crippen molar-refractivity contribution in [2.45, 2.75) is 0 Å². The lowest BCUT2D eigenvalue weighted by atomic mass is 10.3. The smallest absolute Gasteiger partial charge is 0.342 e. The molecule has 2 aromatic heterocycles. The molecule has 7 heteroatoms. The van der Waals surface area contributed by atoms with Crippen LogP contribution < -0.4 is 5.56 Å². The Morgan fingerprint density at radius 3 is 3.00 bits per heavy atom. The summed E-state index contributed by atoms with van der Waals surface area (Å²) in [4.78, 5) is 24.7. The molecule has 2 rings (SSSR count). The molecule has 0 saturated heterocycles. The van der Waals surface area contributed by atoms with Gasteiger partial charge < -0.3 is 10.1 Å². The first-order chi connectivity index (χ1) is 6.59. The minimum absolute atomic E-state index is 0.340. The van der Waals surface area contributed by atoms with Crippen molar-refractivity contribution in [3.63, 3.8) is 0 Å². The summed E-state index contributed by atoms with van der Waals surface area (Å²) < 4.78 is 1.46. The normalized spacial score (nSPS) is 10.6. The average molecular weight is 258 g/mol. The Bertz CT molecular complexity index is 571. The number of aromatic carboxylic acids is 1. The summed E-state index contributed by atoms with van der Waals surface area (Å²) in [6.45, 7) is 0. The number of H-pyrrole nitrogens is 1. The maximum Gasteiger partial charge on any atom is 0.342 e. The number of fused-ring (bicyclic) bond motifs is 1. The molecule has 0 amide bonds. The summed E-state index contributed by atoms with van der Waals surface area (Å²) >= 11 is 3.08. The quantitative estimate of drug-likeness (QED) is 0.778. The van der Waals surface area contributed by atoms with Crippen LogP contribution in [0.1, 0.15) is 10.4 Å². The third-order valence-corrected chi connectivity index (χ3v) is 2.08. The van der Waals surface area contributed by atoms with Crippen LogP contribution in [-0.2, 0) is 0 Å². The molecule has 0 aliphatic rings. The molecule has 0 radical (unpaired) electrons. The zero-order valence-corrected chi connectivity index (χ0v) is 8.28. The minimum Gasteiger partial charge on any atom is -0.477 e. The molecule has 0 spiro atoms. The molecule has 2 heterocycles. The van der Waals surface area contributed by atoms with Gasteiger partial charge in [0.15, 0.2) is 0 Å². The van der Waals surface area contributed by atoms with Gasteiger partial charge in [0, 0.05) is 12.3 Å². The van der Waals surface area contributed by atoms with Gasteiger partial charge in [-0.05, 0) is 15.9 Å². The molecule has 2 aromatic rings. The summed E-state index contributed by atoms with van der Waals surface area (Å²) in [5.41, 5.74) is -0.558. The van der Waals surface area contributed by atoms with Gasteiger partial charge in [-0.1, -0.05) is 0 Å². The van der Waals surface area contributed by atoms with E-state index in [1.807, 2.05) is 0 Å². The van der Waals surface area contributed by atoms with E-state index in [1.54, 1.807) is 6.07 Å². The fraction of sp³-hybridized carbons (Fsp3) is 0. The van der Waals surface area contributed by atoms with Crippen molar-refractivity contribution in [3.8, 4) is 0 Å². The minimum atomic E-state index is -1.28. The Balaban J connectivity index is 2.88. The van der Waals surface area contributed by atoms with Crippen LogP contribution in [0.2, 0.25) is 0 Å². The van der Waals surface area contributed by atoms with Gasteiger partial charge in [-0.3, -0.25) is 4.79 Å². The van der Waals surface area contributed by atoms with Crippen molar-refractivity contribution in [1.82, 2.24) is 14.6 Å². The fourth-order valence-corrected chi connectivity index (χ4v) is 1.46. The van der Waals surface area contributed by atoms with Gasteiger partial charge in [-0.2, -0.15) is 9.61 Å². The summed E-state index contributed by atoms with van der Waals surface area (Å²) in [5.74, 6) is -1.28. The number of halogens is 1. The molecular weight excluding hydrogens is 254 g/mol. The van der Waals surface area contributed by atoms with Gasteiger partial charge in [0.25, 0.3) is 5.56 Å². The third kappa shape index (κ3) is 1.22. The highest BCUT2D eigenvalue weighted by Crippen LogP contribution is 2.07. The number of hydrogen-bond acceptors (Lipinski definition) is 3. The van der Waals surface area contributed by atoms with E-state index >= 15 is 0 Å². The first kappa shape index (κ1) is 8.95. The summed E-state index contributed by atoms with van der Waals surface area (Å²) in [6.07, 6.45) is 1.15. The van der Waals surface area contributed by atoms with Gasteiger partial charge in [0.2, 0.25) is 0 Å². The molecule has 0 aliphatic heterocycles. The number of carboxylic acids is 1. The number of aromatic nitrogens is 3. The summed E-state index contributed by atoms with van der Waals surface area (Å²) in [7, 11) is 0. The molecule has 0 fully saturated rings. The fourth-order valence-electron chi connectivity index (χ4n) is 1.09. The lowest BCUT2D eigenvalue weighted by Gasteiger charge is -1.94. The Morgan fingerprint density at radius 2 is 2.36 bits per heavy atom. The van der Waals surface area contributed by atoms with E-state index < -0.39 is 11.5 Å². The van der Waals surface area contributed by atoms with Crippen LogP contribution in [0.5, 0.6) is 0 Å². The highest BCUT2D eigenvalue weighted by atomic mass is 79.9. The molecule has 72 valence electrons. The Kier molecular flexibility index (Phi) is 1.88. The largest absolute Gasteiger partial charge is 0.477 e. The van der Waals surface area contributed by atoms with Crippen molar-refractivity contribution in [2.75, 3.05) is 0 Å². The number of rotatable bonds is 1. The van der Waals surface area contributed by atoms with Crippen molar-refractivity contribution in [1.29, 1.82) is 0 Å². The molecule has 0 aliphatic carbocycles. The van der Waals surface area contributed by atoms with Gasteiger partial charge in [-0.15, -0.1) is 0 Å². The highest BCUT2D eigenvalue weighted by Gasteiger charge is 2.12. The standard InChI is InChI=1S/C7H4BrN3O3/c8-4-1-5-9-2-3(7(13)14)6(12)11(5)10-4/h1-2,9H,(H,13,14). The van der Waals surface area contributed by atoms with E-state index in [-0.39, 0.29) is 5.56 Å². The number of nitrogens with one attached hydrogen (secondary N) is 1. The van der Waals surface area contributed by atoms with Crippen molar-refractivity contribution < 1.29 is 9.90 Å². The monoisotopic (exact) mass is 257 g/mol. The number of carboxylic acid groups (broad SMARTS) is 1. The average Bonchev–Trinajstić information content (AvgIpc) is 2.46. The van der Waals surface area contributed by atoms with E-state index in [4.69, 9.17) is 5.11 Å². The highest BCUT2D eigenvalue weighted by molar-refractivity contribution is 9.10. The van der Waals surface area contributed by atoms with E-state index in [0.29, 0.717) is 10.3 Å². The van der Waals surface area contributed by atoms with Gasteiger partial charge in [0.1, 0.15) is 15.8 Å². The van der Waals surface area contributed by atoms with E-state index in [9.17, 15) is 9.59 Å². The molecule has 6 nitrogen and oxygen atoms in total. The van der Waals surface area contributed by atoms with Crippen LogP contribution in [0.3, 0.4) is 0 Å². The molecule has 0 unspecified atom stereocenters. The lowest BCUT2D eigenvalue weighted by molar-refractivity contribution is 0.0694. The summed E-state index contributed by atoms with van der Waals surface area (Å²) in [5, 5.41) is 12.4. The molecule has 14 heavy (non-hydrogen) atoms. The summed E-state index contributed by atoms with van der Waals surface area (Å²) in [6, 6.07) is 1.58. The lowest BCUT2D eigenvalue weighted by Crippen LogP contribution is -2.22. The van der Waals surface area contributed by atoms with Crippen LogP contribution in [0.15, 0.2) is 21.7 Å². The van der Waals surface area contributed by atoms with E-state index in [0.717, 1.165) is 10.7 Å². The zero-order chi connectivity index (χ0) is 10.3. The number of aromatic amines is 1. The van der Waals surface area contributed by atoms with Crippen LogP contribution in [0.25, 0.3) is 5.65 Å². The van der Waals surface area contributed by atoms with Crippen LogP contribution in [0, 0.1) is 0 Å². The topological polar surface area (TPSA) is 87.5 Å². The second kappa shape index (κ2) is 2.95. The predicted molar refractivity (Wildman–Crippen MR) is 50.5 cm³/mol. The molecular formula is C7H4BrN3O3. The second-order valence-corrected chi connectivity index (χ2v) is 3.39. The number of carbonyl (C=O) groups is 1. The number of nitrogens with zero attached hydrogens (tertiary/aromatic N) is 2. The van der Waals surface area contributed by atoms with Crippen molar-refractivity contribution >= 4 is 27.5 Å². The SMILES string of the molecule is O=C(O)c1c[nH]c2cc(Br)nn2c1=O. The van der Waals surface area contributed by atoms with Gasteiger partial charge in [-0.25, -0.2) is 4.79 Å². The molecule has 0 aromatic carbocycles. The predicted octanol–water partition coefficient (Wildman–Crippen LogP) is 0.483. The molecule has 0 atom stereocenters. The van der Waals surface area contributed by atoms with E-state index in [1.165, 1.54) is 0 Å². The first-order valence-electron chi connectivity index (χ1n) is 3.60. The van der Waals surface area contributed by atoms with Crippen molar-refractivity contribution in [3.05, 3.63) is 32.8 Å². The van der Waals surface area contributed by atoms with Crippen LogP contribution in [-0.4, -0.2) is 25.7 Å².